The highest BCUT2D eigenvalue weighted by Crippen LogP contribution is 2.22. The van der Waals surface area contributed by atoms with E-state index in [4.69, 9.17) is 11.6 Å². The van der Waals surface area contributed by atoms with Gasteiger partial charge in [-0.1, -0.05) is 34.1 Å². The highest BCUT2D eigenvalue weighted by molar-refractivity contribution is 9.10. The molecule has 1 unspecified atom stereocenters. The summed E-state index contributed by atoms with van der Waals surface area (Å²) < 4.78 is 1.16. The van der Waals surface area contributed by atoms with Crippen LogP contribution in [0.4, 0.5) is 0 Å². The minimum atomic E-state index is 0.442. The monoisotopic (exact) mass is 329 g/mol. The summed E-state index contributed by atoms with van der Waals surface area (Å²) in [5.74, 6) is 1.11. The van der Waals surface area contributed by atoms with E-state index in [1.807, 2.05) is 11.6 Å². The standard InChI is InChI=1S/C13H13BrClNS/c14-13-4-2-1-3-11(13)5-10(7-15)6-12-8-17-9-16-12/h1-4,8-10H,5-7H2. The largest absolute Gasteiger partial charge is 0.250 e. The summed E-state index contributed by atoms with van der Waals surface area (Å²) in [5, 5.41) is 2.10. The van der Waals surface area contributed by atoms with Crippen LogP contribution in [0.25, 0.3) is 0 Å². The van der Waals surface area contributed by atoms with Gasteiger partial charge in [-0.3, -0.25) is 0 Å². The highest BCUT2D eigenvalue weighted by atomic mass is 79.9. The zero-order chi connectivity index (χ0) is 12.1. The molecule has 0 radical (unpaired) electrons. The fraction of sp³-hybridized carbons (Fsp3) is 0.308. The maximum Gasteiger partial charge on any atom is 0.0794 e. The van der Waals surface area contributed by atoms with Gasteiger partial charge in [-0.15, -0.1) is 22.9 Å². The van der Waals surface area contributed by atoms with Gasteiger partial charge in [0, 0.05) is 15.7 Å². The molecule has 0 saturated heterocycles. The number of nitrogens with zero attached hydrogens (tertiary/aromatic N) is 1. The first kappa shape index (κ1) is 13.1. The summed E-state index contributed by atoms with van der Waals surface area (Å²) in [6.07, 6.45) is 1.94. The van der Waals surface area contributed by atoms with E-state index in [9.17, 15) is 0 Å². The molecule has 0 aliphatic heterocycles. The summed E-state index contributed by atoms with van der Waals surface area (Å²) in [6.45, 7) is 0. The summed E-state index contributed by atoms with van der Waals surface area (Å²) in [6, 6.07) is 8.31. The molecule has 4 heteroatoms. The molecular formula is C13H13BrClNS. The lowest BCUT2D eigenvalue weighted by Crippen LogP contribution is -2.10. The van der Waals surface area contributed by atoms with Crippen LogP contribution in [0.15, 0.2) is 39.6 Å². The Hall–Kier alpha value is -0.380. The Morgan fingerprint density at radius 1 is 1.29 bits per heavy atom. The SMILES string of the molecule is ClCC(Cc1cscn1)Cc1ccccc1Br. The number of rotatable bonds is 5. The van der Waals surface area contributed by atoms with Gasteiger partial charge in [0.2, 0.25) is 0 Å². The second kappa shape index (κ2) is 6.53. The minimum Gasteiger partial charge on any atom is -0.250 e. The van der Waals surface area contributed by atoms with Gasteiger partial charge in [0.25, 0.3) is 0 Å². The Kier molecular flexibility index (Phi) is 5.01. The Balaban J connectivity index is 2.03. The fourth-order valence-corrected chi connectivity index (χ4v) is 3.03. The molecule has 0 N–H and O–H groups in total. The van der Waals surface area contributed by atoms with Crippen LogP contribution in [0.2, 0.25) is 0 Å². The second-order valence-electron chi connectivity index (χ2n) is 4.00. The Labute approximate surface area is 119 Å². The first-order chi connectivity index (χ1) is 8.29. The molecule has 2 aromatic rings. The van der Waals surface area contributed by atoms with Crippen LogP contribution in [0.3, 0.4) is 0 Å². The molecule has 90 valence electrons. The molecule has 1 aromatic carbocycles. The second-order valence-corrected chi connectivity index (χ2v) is 5.88. The van der Waals surface area contributed by atoms with Crippen LogP contribution in [0.1, 0.15) is 11.3 Å². The van der Waals surface area contributed by atoms with Crippen molar-refractivity contribution in [1.82, 2.24) is 4.98 Å². The third-order valence-electron chi connectivity index (χ3n) is 2.67. The van der Waals surface area contributed by atoms with Gasteiger partial charge in [0.1, 0.15) is 0 Å². The minimum absolute atomic E-state index is 0.442. The van der Waals surface area contributed by atoms with E-state index in [1.54, 1.807) is 11.3 Å². The van der Waals surface area contributed by atoms with Crippen molar-refractivity contribution < 1.29 is 0 Å². The van der Waals surface area contributed by atoms with Gasteiger partial charge in [-0.25, -0.2) is 4.98 Å². The molecule has 0 aliphatic carbocycles. The number of hydrogen-bond acceptors (Lipinski definition) is 2. The molecule has 1 atom stereocenters. The van der Waals surface area contributed by atoms with Crippen molar-refractivity contribution in [2.75, 3.05) is 5.88 Å². The van der Waals surface area contributed by atoms with Crippen molar-refractivity contribution in [2.45, 2.75) is 12.8 Å². The first-order valence-corrected chi connectivity index (χ1v) is 7.73. The number of aromatic nitrogens is 1. The normalized spacial score (nSPS) is 12.6. The molecule has 0 fully saturated rings. The summed E-state index contributed by atoms with van der Waals surface area (Å²) in [5.41, 5.74) is 4.33. The van der Waals surface area contributed by atoms with Crippen molar-refractivity contribution in [3.63, 3.8) is 0 Å². The molecule has 1 aromatic heterocycles. The quantitative estimate of drug-likeness (QED) is 0.733. The molecule has 1 heterocycles. The van der Waals surface area contributed by atoms with Crippen molar-refractivity contribution in [1.29, 1.82) is 0 Å². The van der Waals surface area contributed by atoms with Crippen LogP contribution in [-0.2, 0) is 12.8 Å². The Morgan fingerprint density at radius 3 is 2.76 bits per heavy atom. The lowest BCUT2D eigenvalue weighted by molar-refractivity contribution is 0.576. The molecule has 17 heavy (non-hydrogen) atoms. The van der Waals surface area contributed by atoms with E-state index in [0.29, 0.717) is 11.8 Å². The van der Waals surface area contributed by atoms with Crippen molar-refractivity contribution in [3.05, 3.63) is 50.9 Å². The molecule has 0 spiro atoms. The molecule has 2 rings (SSSR count). The topological polar surface area (TPSA) is 12.9 Å². The van der Waals surface area contributed by atoms with E-state index in [0.717, 1.165) is 23.0 Å². The lowest BCUT2D eigenvalue weighted by Gasteiger charge is -2.13. The van der Waals surface area contributed by atoms with E-state index >= 15 is 0 Å². The van der Waals surface area contributed by atoms with Gasteiger partial charge in [0.05, 0.1) is 11.2 Å². The average Bonchev–Trinajstić information content (AvgIpc) is 2.84. The van der Waals surface area contributed by atoms with Crippen molar-refractivity contribution in [3.8, 4) is 0 Å². The zero-order valence-electron chi connectivity index (χ0n) is 9.27. The van der Waals surface area contributed by atoms with Crippen molar-refractivity contribution >= 4 is 38.9 Å². The van der Waals surface area contributed by atoms with Gasteiger partial charge in [0.15, 0.2) is 0 Å². The predicted molar refractivity (Wildman–Crippen MR) is 77.9 cm³/mol. The van der Waals surface area contributed by atoms with E-state index < -0.39 is 0 Å². The predicted octanol–water partition coefficient (Wildman–Crippen LogP) is 4.55. The van der Waals surface area contributed by atoms with E-state index in [2.05, 4.69) is 44.5 Å². The first-order valence-electron chi connectivity index (χ1n) is 5.46. The van der Waals surface area contributed by atoms with Crippen LogP contribution in [0.5, 0.6) is 0 Å². The Bertz CT molecular complexity index is 458. The van der Waals surface area contributed by atoms with Gasteiger partial charge >= 0.3 is 0 Å². The van der Waals surface area contributed by atoms with Gasteiger partial charge in [-0.2, -0.15) is 0 Å². The van der Waals surface area contributed by atoms with Gasteiger partial charge < -0.3 is 0 Å². The summed E-state index contributed by atoms with van der Waals surface area (Å²) in [7, 11) is 0. The molecule has 0 bridgehead atoms. The van der Waals surface area contributed by atoms with Crippen LogP contribution < -0.4 is 0 Å². The number of halogens is 2. The third kappa shape index (κ3) is 3.80. The van der Waals surface area contributed by atoms with E-state index in [1.165, 1.54) is 5.56 Å². The summed E-state index contributed by atoms with van der Waals surface area (Å²) in [4.78, 5) is 4.32. The molecule has 0 saturated carbocycles. The molecule has 1 nitrogen and oxygen atoms in total. The average molecular weight is 331 g/mol. The lowest BCUT2D eigenvalue weighted by atomic mass is 9.97. The number of alkyl halides is 1. The summed E-state index contributed by atoms with van der Waals surface area (Å²) >= 11 is 11.3. The van der Waals surface area contributed by atoms with Crippen LogP contribution in [0, 0.1) is 5.92 Å². The zero-order valence-corrected chi connectivity index (χ0v) is 12.4. The smallest absolute Gasteiger partial charge is 0.0794 e. The van der Waals surface area contributed by atoms with Crippen LogP contribution >= 0.6 is 38.9 Å². The van der Waals surface area contributed by atoms with E-state index in [-0.39, 0.29) is 0 Å². The third-order valence-corrected chi connectivity index (χ3v) is 4.51. The highest BCUT2D eigenvalue weighted by Gasteiger charge is 2.12. The maximum atomic E-state index is 6.05. The molecule has 0 aliphatic rings. The number of hydrogen-bond donors (Lipinski definition) is 0. The Morgan fingerprint density at radius 2 is 2.12 bits per heavy atom. The number of benzene rings is 1. The molecular weight excluding hydrogens is 318 g/mol. The van der Waals surface area contributed by atoms with Crippen LogP contribution in [-0.4, -0.2) is 10.9 Å². The van der Waals surface area contributed by atoms with Gasteiger partial charge in [-0.05, 0) is 30.4 Å². The maximum absolute atomic E-state index is 6.05. The fourth-order valence-electron chi connectivity index (χ4n) is 1.79. The molecule has 0 amide bonds. The number of thiazole rings is 1. The van der Waals surface area contributed by atoms with Crippen molar-refractivity contribution in [2.24, 2.45) is 5.92 Å².